The Morgan fingerprint density at radius 1 is 1.50 bits per heavy atom. The van der Waals surface area contributed by atoms with Gasteiger partial charge in [0.1, 0.15) is 5.82 Å². The summed E-state index contributed by atoms with van der Waals surface area (Å²) in [7, 11) is 0. The molecule has 0 aromatic heterocycles. The molecule has 0 saturated heterocycles. The molecule has 0 amide bonds. The quantitative estimate of drug-likeness (QED) is 0.776. The van der Waals surface area contributed by atoms with Crippen molar-refractivity contribution in [1.82, 2.24) is 0 Å². The lowest BCUT2D eigenvalue weighted by Gasteiger charge is -2.14. The van der Waals surface area contributed by atoms with Crippen molar-refractivity contribution in [2.75, 3.05) is 0 Å². The van der Waals surface area contributed by atoms with E-state index in [-0.39, 0.29) is 12.0 Å². The number of rotatable bonds is 5. The zero-order chi connectivity index (χ0) is 12.1. The van der Waals surface area contributed by atoms with E-state index < -0.39 is 17.7 Å². The van der Waals surface area contributed by atoms with Gasteiger partial charge in [-0.2, -0.15) is 0 Å². The van der Waals surface area contributed by atoms with Crippen LogP contribution in [0.5, 0.6) is 0 Å². The lowest BCUT2D eigenvalue weighted by Crippen LogP contribution is -2.13. The second-order valence-corrected chi connectivity index (χ2v) is 3.72. The molecular formula is C13H15FO2. The Bertz CT molecular complexity index is 399. The van der Waals surface area contributed by atoms with Crippen LogP contribution in [0.3, 0.4) is 0 Å². The van der Waals surface area contributed by atoms with Crippen LogP contribution < -0.4 is 0 Å². The Kier molecular flexibility index (Phi) is 4.23. The molecule has 0 saturated carbocycles. The van der Waals surface area contributed by atoms with Crippen LogP contribution in [-0.2, 0) is 4.79 Å². The van der Waals surface area contributed by atoms with Gasteiger partial charge in [-0.25, -0.2) is 4.39 Å². The first-order valence-corrected chi connectivity index (χ1v) is 5.20. The summed E-state index contributed by atoms with van der Waals surface area (Å²) in [5, 5.41) is 9.09. The molecule has 0 aliphatic rings. The number of carboxylic acids is 1. The van der Waals surface area contributed by atoms with Crippen molar-refractivity contribution in [1.29, 1.82) is 0 Å². The average Bonchev–Trinajstić information content (AvgIpc) is 2.26. The van der Waals surface area contributed by atoms with Gasteiger partial charge in [0.25, 0.3) is 0 Å². The average molecular weight is 222 g/mol. The molecule has 2 nitrogen and oxygen atoms in total. The molecule has 0 fully saturated rings. The lowest BCUT2D eigenvalue weighted by atomic mass is 9.91. The van der Waals surface area contributed by atoms with E-state index in [2.05, 4.69) is 6.58 Å². The summed E-state index contributed by atoms with van der Waals surface area (Å²) in [6, 6.07) is 5.98. The SMILES string of the molecule is C=C(CC)CC(C(=O)O)c1ccccc1F. The van der Waals surface area contributed by atoms with Gasteiger partial charge in [-0.15, -0.1) is 0 Å². The van der Waals surface area contributed by atoms with E-state index in [1.54, 1.807) is 12.1 Å². The molecule has 0 heterocycles. The second-order valence-electron chi connectivity index (χ2n) is 3.72. The number of hydrogen-bond donors (Lipinski definition) is 1. The fourth-order valence-electron chi connectivity index (χ4n) is 1.52. The van der Waals surface area contributed by atoms with Crippen LogP contribution >= 0.6 is 0 Å². The van der Waals surface area contributed by atoms with Crippen LogP contribution in [0.25, 0.3) is 0 Å². The van der Waals surface area contributed by atoms with Crippen molar-refractivity contribution in [3.8, 4) is 0 Å². The number of aliphatic carboxylic acids is 1. The second kappa shape index (κ2) is 5.45. The normalized spacial score (nSPS) is 12.1. The monoisotopic (exact) mass is 222 g/mol. The molecule has 0 aliphatic heterocycles. The number of benzene rings is 1. The number of carboxylic acid groups (broad SMARTS) is 1. The number of allylic oxidation sites excluding steroid dienone is 1. The first-order valence-electron chi connectivity index (χ1n) is 5.20. The van der Waals surface area contributed by atoms with Crippen LogP contribution in [0.1, 0.15) is 31.2 Å². The summed E-state index contributed by atoms with van der Waals surface area (Å²) >= 11 is 0. The Balaban J connectivity index is 2.99. The largest absolute Gasteiger partial charge is 0.481 e. The number of halogens is 1. The van der Waals surface area contributed by atoms with Crippen molar-refractivity contribution in [2.45, 2.75) is 25.7 Å². The predicted octanol–water partition coefficient (Wildman–Crippen LogP) is 3.35. The molecule has 16 heavy (non-hydrogen) atoms. The summed E-state index contributed by atoms with van der Waals surface area (Å²) < 4.78 is 13.5. The first kappa shape index (κ1) is 12.4. The summed E-state index contributed by atoms with van der Waals surface area (Å²) in [5.41, 5.74) is 1.04. The van der Waals surface area contributed by atoms with Crippen molar-refractivity contribution >= 4 is 5.97 Å². The zero-order valence-electron chi connectivity index (χ0n) is 9.24. The van der Waals surface area contributed by atoms with Gasteiger partial charge in [-0.05, 0) is 18.9 Å². The van der Waals surface area contributed by atoms with Gasteiger partial charge in [0.15, 0.2) is 0 Å². The van der Waals surface area contributed by atoms with Crippen LogP contribution in [0, 0.1) is 5.82 Å². The summed E-state index contributed by atoms with van der Waals surface area (Å²) in [6.45, 7) is 5.67. The van der Waals surface area contributed by atoms with Gasteiger partial charge < -0.3 is 5.11 Å². The Hall–Kier alpha value is -1.64. The molecule has 0 bridgehead atoms. The summed E-state index contributed by atoms with van der Waals surface area (Å²) in [4.78, 5) is 11.1. The molecule has 0 aliphatic carbocycles. The van der Waals surface area contributed by atoms with Crippen LogP contribution in [0.4, 0.5) is 4.39 Å². The van der Waals surface area contributed by atoms with Gasteiger partial charge >= 0.3 is 5.97 Å². The standard InChI is InChI=1S/C13H15FO2/c1-3-9(2)8-11(13(15)16)10-6-4-5-7-12(10)14/h4-7,11H,2-3,8H2,1H3,(H,15,16). The highest BCUT2D eigenvalue weighted by atomic mass is 19.1. The highest BCUT2D eigenvalue weighted by molar-refractivity contribution is 5.76. The topological polar surface area (TPSA) is 37.3 Å². The van der Waals surface area contributed by atoms with E-state index in [9.17, 15) is 9.18 Å². The zero-order valence-corrected chi connectivity index (χ0v) is 9.24. The van der Waals surface area contributed by atoms with E-state index in [1.165, 1.54) is 12.1 Å². The van der Waals surface area contributed by atoms with Crippen LogP contribution in [-0.4, -0.2) is 11.1 Å². The molecule has 1 rings (SSSR count). The first-order chi connectivity index (χ1) is 7.56. The maximum absolute atomic E-state index is 13.5. The maximum atomic E-state index is 13.5. The third-order valence-electron chi connectivity index (χ3n) is 2.57. The summed E-state index contributed by atoms with van der Waals surface area (Å²) in [6.07, 6.45) is 0.991. The van der Waals surface area contributed by atoms with E-state index in [4.69, 9.17) is 5.11 Å². The fraction of sp³-hybridized carbons (Fsp3) is 0.308. The maximum Gasteiger partial charge on any atom is 0.311 e. The Morgan fingerprint density at radius 3 is 2.62 bits per heavy atom. The minimum absolute atomic E-state index is 0.226. The molecule has 1 unspecified atom stereocenters. The van der Waals surface area contributed by atoms with E-state index in [1.807, 2.05) is 6.92 Å². The third-order valence-corrected chi connectivity index (χ3v) is 2.57. The van der Waals surface area contributed by atoms with Crippen LogP contribution in [0.15, 0.2) is 36.4 Å². The number of carbonyl (C=O) groups is 1. The molecule has 1 aromatic rings. The predicted molar refractivity (Wildman–Crippen MR) is 60.8 cm³/mol. The lowest BCUT2D eigenvalue weighted by molar-refractivity contribution is -0.138. The molecule has 86 valence electrons. The van der Waals surface area contributed by atoms with Gasteiger partial charge in [-0.3, -0.25) is 4.79 Å². The smallest absolute Gasteiger partial charge is 0.311 e. The van der Waals surface area contributed by atoms with Crippen molar-refractivity contribution in [3.63, 3.8) is 0 Å². The van der Waals surface area contributed by atoms with Gasteiger partial charge in [0.05, 0.1) is 5.92 Å². The number of hydrogen-bond acceptors (Lipinski definition) is 1. The summed E-state index contributed by atoms with van der Waals surface area (Å²) in [5.74, 6) is -2.33. The molecular weight excluding hydrogens is 207 g/mol. The fourth-order valence-corrected chi connectivity index (χ4v) is 1.52. The minimum atomic E-state index is -1.01. The highest BCUT2D eigenvalue weighted by Gasteiger charge is 2.23. The van der Waals surface area contributed by atoms with E-state index >= 15 is 0 Å². The van der Waals surface area contributed by atoms with Crippen molar-refractivity contribution < 1.29 is 14.3 Å². The van der Waals surface area contributed by atoms with Crippen molar-refractivity contribution in [3.05, 3.63) is 47.8 Å². The van der Waals surface area contributed by atoms with Gasteiger partial charge in [-0.1, -0.05) is 37.3 Å². The molecule has 1 aromatic carbocycles. The Labute approximate surface area is 94.4 Å². The third kappa shape index (κ3) is 2.92. The molecule has 3 heteroatoms. The van der Waals surface area contributed by atoms with E-state index in [0.717, 1.165) is 5.57 Å². The minimum Gasteiger partial charge on any atom is -0.481 e. The Morgan fingerprint density at radius 2 is 2.12 bits per heavy atom. The van der Waals surface area contributed by atoms with Gasteiger partial charge in [0.2, 0.25) is 0 Å². The molecule has 0 radical (unpaired) electrons. The van der Waals surface area contributed by atoms with Gasteiger partial charge in [0, 0.05) is 5.56 Å². The van der Waals surface area contributed by atoms with Crippen LogP contribution in [0.2, 0.25) is 0 Å². The molecule has 1 atom stereocenters. The molecule has 0 spiro atoms. The molecule has 1 N–H and O–H groups in total. The van der Waals surface area contributed by atoms with E-state index in [0.29, 0.717) is 6.42 Å². The highest BCUT2D eigenvalue weighted by Crippen LogP contribution is 2.26. The van der Waals surface area contributed by atoms with Crippen molar-refractivity contribution in [2.24, 2.45) is 0 Å².